The first-order chi connectivity index (χ1) is 10.4. The highest BCUT2D eigenvalue weighted by molar-refractivity contribution is 5.41. The predicted molar refractivity (Wildman–Crippen MR) is 76.5 cm³/mol. The largest absolute Gasteiger partial charge is 0.433 e. The molecule has 22 heavy (non-hydrogen) atoms. The molecule has 3 rings (SSSR count). The molecule has 1 fully saturated rings. The number of anilines is 1. The van der Waals surface area contributed by atoms with Crippen LogP contribution in [-0.4, -0.2) is 27.9 Å². The Morgan fingerprint density at radius 3 is 2.82 bits per heavy atom. The molecule has 1 aliphatic rings. The van der Waals surface area contributed by atoms with E-state index in [1.807, 2.05) is 24.3 Å². The van der Waals surface area contributed by atoms with E-state index < -0.39 is 11.9 Å². The van der Waals surface area contributed by atoms with Crippen molar-refractivity contribution in [1.82, 2.24) is 14.8 Å². The van der Waals surface area contributed by atoms with Gasteiger partial charge in [-0.05, 0) is 36.5 Å². The smallest absolute Gasteiger partial charge is 0.356 e. The molecule has 0 saturated carbocycles. The Morgan fingerprint density at radius 1 is 1.32 bits per heavy atom. The number of hydrogen-bond donors (Lipinski definition) is 0. The number of rotatable bonds is 3. The molecule has 0 aliphatic carbocycles. The second kappa shape index (κ2) is 5.62. The lowest BCUT2D eigenvalue weighted by Crippen LogP contribution is -2.22. The fourth-order valence-corrected chi connectivity index (χ4v) is 2.88. The van der Waals surface area contributed by atoms with E-state index in [4.69, 9.17) is 0 Å². The zero-order chi connectivity index (χ0) is 15.7. The summed E-state index contributed by atoms with van der Waals surface area (Å²) >= 11 is 0. The van der Waals surface area contributed by atoms with E-state index in [-0.39, 0.29) is 0 Å². The molecule has 0 radical (unpaired) electrons. The molecule has 118 valence electrons. The van der Waals surface area contributed by atoms with Crippen LogP contribution < -0.4 is 4.90 Å². The van der Waals surface area contributed by atoms with Crippen molar-refractivity contribution < 1.29 is 13.2 Å². The highest BCUT2D eigenvalue weighted by Crippen LogP contribution is 2.30. The molecule has 0 spiro atoms. The molecule has 1 aliphatic heterocycles. The van der Waals surface area contributed by atoms with Crippen molar-refractivity contribution >= 4 is 5.82 Å². The highest BCUT2D eigenvalue weighted by atomic mass is 19.4. The van der Waals surface area contributed by atoms with Crippen LogP contribution in [0.2, 0.25) is 0 Å². The first-order valence-electron chi connectivity index (χ1n) is 7.18. The van der Waals surface area contributed by atoms with Gasteiger partial charge in [-0.3, -0.25) is 4.68 Å². The Balaban J connectivity index is 1.67. The minimum absolute atomic E-state index is 0.406. The molecule has 2 aromatic rings. The van der Waals surface area contributed by atoms with Gasteiger partial charge in [0, 0.05) is 26.3 Å². The average molecular weight is 310 g/mol. The molecular formula is C15H17F3N4. The first kappa shape index (κ1) is 14.9. The molecule has 0 aromatic carbocycles. The van der Waals surface area contributed by atoms with Gasteiger partial charge < -0.3 is 4.90 Å². The van der Waals surface area contributed by atoms with Crippen molar-refractivity contribution in [2.24, 2.45) is 13.0 Å². The van der Waals surface area contributed by atoms with Crippen LogP contribution in [0.3, 0.4) is 0 Å². The minimum Gasteiger partial charge on any atom is -0.356 e. The van der Waals surface area contributed by atoms with Gasteiger partial charge in [0.1, 0.15) is 11.5 Å². The van der Waals surface area contributed by atoms with Gasteiger partial charge in [0.25, 0.3) is 0 Å². The topological polar surface area (TPSA) is 34.0 Å². The standard InChI is InChI=1S/C15H17F3N4/c1-21-9-12(8-19-21)7-11-5-6-22(10-11)14-4-2-3-13(20-14)15(16,17)18/h2-4,8-9,11H,5-7,10H2,1H3. The normalized spacial score (nSPS) is 18.9. The maximum Gasteiger partial charge on any atom is 0.433 e. The Labute approximate surface area is 126 Å². The van der Waals surface area contributed by atoms with E-state index in [0.29, 0.717) is 11.7 Å². The summed E-state index contributed by atoms with van der Waals surface area (Å²) in [4.78, 5) is 5.68. The lowest BCUT2D eigenvalue weighted by atomic mass is 10.0. The van der Waals surface area contributed by atoms with Gasteiger partial charge >= 0.3 is 6.18 Å². The number of pyridine rings is 1. The lowest BCUT2D eigenvalue weighted by molar-refractivity contribution is -0.141. The zero-order valence-electron chi connectivity index (χ0n) is 12.2. The fourth-order valence-electron chi connectivity index (χ4n) is 2.88. The SMILES string of the molecule is Cn1cc(CC2CCN(c3cccc(C(F)(F)F)n3)C2)cn1. The van der Waals surface area contributed by atoms with Crippen LogP contribution in [0.25, 0.3) is 0 Å². The van der Waals surface area contributed by atoms with Crippen molar-refractivity contribution in [1.29, 1.82) is 0 Å². The summed E-state index contributed by atoms with van der Waals surface area (Å²) < 4.78 is 40.0. The van der Waals surface area contributed by atoms with E-state index in [9.17, 15) is 13.2 Å². The third kappa shape index (κ3) is 3.23. The molecule has 0 N–H and O–H groups in total. The number of halogens is 3. The molecule has 7 heteroatoms. The summed E-state index contributed by atoms with van der Waals surface area (Å²) in [5, 5.41) is 4.14. The third-order valence-electron chi connectivity index (χ3n) is 3.92. The van der Waals surface area contributed by atoms with Crippen LogP contribution in [0, 0.1) is 5.92 Å². The predicted octanol–water partition coefficient (Wildman–Crippen LogP) is 2.90. The van der Waals surface area contributed by atoms with Gasteiger partial charge in [-0.25, -0.2) is 4.98 Å². The molecule has 3 heterocycles. The molecule has 4 nitrogen and oxygen atoms in total. The second-order valence-corrected chi connectivity index (χ2v) is 5.71. The summed E-state index contributed by atoms with van der Waals surface area (Å²) in [6, 6.07) is 4.06. The van der Waals surface area contributed by atoms with Crippen molar-refractivity contribution in [3.8, 4) is 0 Å². The number of nitrogens with zero attached hydrogens (tertiary/aromatic N) is 4. The summed E-state index contributed by atoms with van der Waals surface area (Å²) in [7, 11) is 1.87. The Kier molecular flexibility index (Phi) is 3.80. The van der Waals surface area contributed by atoms with Crippen LogP contribution in [-0.2, 0) is 19.6 Å². The molecule has 0 amide bonds. The van der Waals surface area contributed by atoms with Crippen LogP contribution in [0.15, 0.2) is 30.6 Å². The van der Waals surface area contributed by atoms with E-state index in [0.717, 1.165) is 37.6 Å². The molecule has 1 saturated heterocycles. The van der Waals surface area contributed by atoms with Crippen LogP contribution in [0.4, 0.5) is 19.0 Å². The van der Waals surface area contributed by atoms with E-state index in [1.54, 1.807) is 10.7 Å². The monoisotopic (exact) mass is 310 g/mol. The summed E-state index contributed by atoms with van der Waals surface area (Å²) in [5.74, 6) is 0.823. The minimum atomic E-state index is -4.40. The molecule has 1 unspecified atom stereocenters. The summed E-state index contributed by atoms with van der Waals surface area (Å²) in [5.41, 5.74) is 0.326. The molecule has 2 aromatic heterocycles. The number of alkyl halides is 3. The fraction of sp³-hybridized carbons (Fsp3) is 0.467. The van der Waals surface area contributed by atoms with E-state index >= 15 is 0 Å². The van der Waals surface area contributed by atoms with Crippen molar-refractivity contribution in [2.45, 2.75) is 19.0 Å². The molecule has 1 atom stereocenters. The van der Waals surface area contributed by atoms with Gasteiger partial charge in [0.05, 0.1) is 6.20 Å². The maximum atomic E-state index is 12.7. The van der Waals surface area contributed by atoms with Crippen molar-refractivity contribution in [2.75, 3.05) is 18.0 Å². The Hall–Kier alpha value is -2.05. The maximum absolute atomic E-state index is 12.7. The van der Waals surface area contributed by atoms with Gasteiger partial charge in [0.15, 0.2) is 0 Å². The number of hydrogen-bond acceptors (Lipinski definition) is 3. The number of aromatic nitrogens is 3. The second-order valence-electron chi connectivity index (χ2n) is 5.71. The third-order valence-corrected chi connectivity index (χ3v) is 3.92. The average Bonchev–Trinajstić information content (AvgIpc) is 3.08. The first-order valence-corrected chi connectivity index (χ1v) is 7.18. The van der Waals surface area contributed by atoms with Gasteiger partial charge in [-0.1, -0.05) is 6.07 Å². The van der Waals surface area contributed by atoms with Crippen molar-refractivity contribution in [3.63, 3.8) is 0 Å². The van der Waals surface area contributed by atoms with Gasteiger partial charge in [0.2, 0.25) is 0 Å². The van der Waals surface area contributed by atoms with Gasteiger partial charge in [-0.15, -0.1) is 0 Å². The quantitative estimate of drug-likeness (QED) is 0.874. The van der Waals surface area contributed by atoms with E-state index in [1.165, 1.54) is 6.07 Å². The van der Waals surface area contributed by atoms with Gasteiger partial charge in [-0.2, -0.15) is 18.3 Å². The zero-order valence-corrected chi connectivity index (χ0v) is 12.2. The Morgan fingerprint density at radius 2 is 2.14 bits per heavy atom. The number of aryl methyl sites for hydroxylation is 1. The van der Waals surface area contributed by atoms with E-state index in [2.05, 4.69) is 10.1 Å². The summed E-state index contributed by atoms with van der Waals surface area (Å²) in [6.07, 6.45) is 1.26. The Bertz CT molecular complexity index is 650. The highest BCUT2D eigenvalue weighted by Gasteiger charge is 2.33. The van der Waals surface area contributed by atoms with Crippen molar-refractivity contribution in [3.05, 3.63) is 41.9 Å². The lowest BCUT2D eigenvalue weighted by Gasteiger charge is -2.18. The summed E-state index contributed by atoms with van der Waals surface area (Å²) in [6.45, 7) is 1.46. The molecule has 0 bridgehead atoms. The van der Waals surface area contributed by atoms with Crippen LogP contribution in [0.1, 0.15) is 17.7 Å². The van der Waals surface area contributed by atoms with Crippen LogP contribution in [0.5, 0.6) is 0 Å². The molecular weight excluding hydrogens is 293 g/mol. The van der Waals surface area contributed by atoms with Crippen LogP contribution >= 0.6 is 0 Å².